The lowest BCUT2D eigenvalue weighted by Crippen LogP contribution is -2.34. The van der Waals surface area contributed by atoms with E-state index in [9.17, 15) is 9.59 Å². The highest BCUT2D eigenvalue weighted by Crippen LogP contribution is 2.32. The van der Waals surface area contributed by atoms with Crippen LogP contribution in [0.15, 0.2) is 23.1 Å². The molecule has 0 aliphatic rings. The lowest BCUT2D eigenvalue weighted by atomic mass is 10.4. The van der Waals surface area contributed by atoms with Gasteiger partial charge in [-0.1, -0.05) is 23.2 Å². The van der Waals surface area contributed by atoms with E-state index in [1.54, 1.807) is 25.1 Å². The average molecular weight is 308 g/mol. The molecule has 1 aromatic rings. The van der Waals surface area contributed by atoms with Crippen molar-refractivity contribution in [3.8, 4) is 0 Å². The number of carbonyl (C=O) groups excluding carboxylic acids is 1. The molecule has 0 aromatic heterocycles. The molecule has 0 aliphatic heterocycles. The molecule has 1 atom stereocenters. The van der Waals surface area contributed by atoms with E-state index in [0.29, 0.717) is 14.9 Å². The molecule has 0 aliphatic carbocycles. The van der Waals surface area contributed by atoms with Gasteiger partial charge < -0.3 is 10.4 Å². The predicted molar refractivity (Wildman–Crippen MR) is 72.4 cm³/mol. The number of carboxylic acid groups (broad SMARTS) is 1. The second-order valence-corrected chi connectivity index (χ2v) is 5.67. The molecule has 2 N–H and O–H groups in total. The minimum Gasteiger partial charge on any atom is -0.480 e. The van der Waals surface area contributed by atoms with Crippen LogP contribution in [0.4, 0.5) is 0 Å². The Bertz CT molecular complexity index is 468. The summed E-state index contributed by atoms with van der Waals surface area (Å²) >= 11 is 13.0. The largest absolute Gasteiger partial charge is 0.480 e. The van der Waals surface area contributed by atoms with Crippen LogP contribution in [0.25, 0.3) is 0 Å². The third-order valence-corrected chi connectivity index (χ3v) is 3.82. The highest BCUT2D eigenvalue weighted by Gasteiger charge is 2.16. The maximum absolute atomic E-state index is 11.6. The third kappa shape index (κ3) is 4.76. The average Bonchev–Trinajstić information content (AvgIpc) is 2.30. The lowest BCUT2D eigenvalue weighted by Gasteiger charge is -2.12. The quantitative estimate of drug-likeness (QED) is 0.821. The summed E-state index contributed by atoms with van der Waals surface area (Å²) in [6.45, 7) is 1.27. The first-order chi connectivity index (χ1) is 8.40. The first-order valence-electron chi connectivity index (χ1n) is 5.01. The Kier molecular flexibility index (Phi) is 5.78. The standard InChI is InChI=1S/C11H11Cl2NO3S/c1-6(11(17)14-5-10(15)16)18-9-4-7(12)2-3-8(9)13/h2-4,6H,5H2,1H3,(H,14,17)(H,15,16). The fraction of sp³-hybridized carbons (Fsp3) is 0.273. The van der Waals surface area contributed by atoms with Crippen molar-refractivity contribution < 1.29 is 14.7 Å². The van der Waals surface area contributed by atoms with Crippen molar-refractivity contribution in [3.63, 3.8) is 0 Å². The van der Waals surface area contributed by atoms with Crippen LogP contribution in [0, 0.1) is 0 Å². The first-order valence-corrected chi connectivity index (χ1v) is 6.65. The Morgan fingerprint density at radius 3 is 2.72 bits per heavy atom. The molecule has 1 aromatic carbocycles. The first kappa shape index (κ1) is 15.1. The molecule has 4 nitrogen and oxygen atoms in total. The molecule has 0 fully saturated rings. The van der Waals surface area contributed by atoms with Gasteiger partial charge in [-0.2, -0.15) is 0 Å². The Labute approximate surface area is 119 Å². The molecular weight excluding hydrogens is 297 g/mol. The Morgan fingerprint density at radius 2 is 2.11 bits per heavy atom. The highest BCUT2D eigenvalue weighted by molar-refractivity contribution is 8.00. The maximum atomic E-state index is 11.6. The van der Waals surface area contributed by atoms with Crippen LogP contribution in [0.5, 0.6) is 0 Å². The van der Waals surface area contributed by atoms with Gasteiger partial charge in [0.2, 0.25) is 5.91 Å². The second kappa shape index (κ2) is 6.87. The summed E-state index contributed by atoms with van der Waals surface area (Å²) in [5.41, 5.74) is 0. The fourth-order valence-corrected chi connectivity index (χ4v) is 2.55. The van der Waals surface area contributed by atoms with Gasteiger partial charge in [0.25, 0.3) is 0 Å². The lowest BCUT2D eigenvalue weighted by molar-refractivity contribution is -0.137. The fourth-order valence-electron chi connectivity index (χ4n) is 1.12. The number of hydrogen-bond donors (Lipinski definition) is 2. The molecule has 0 heterocycles. The van der Waals surface area contributed by atoms with Crippen molar-refractivity contribution in [1.29, 1.82) is 0 Å². The number of amides is 1. The Hall–Kier alpha value is -0.910. The predicted octanol–water partition coefficient (Wildman–Crippen LogP) is 2.67. The van der Waals surface area contributed by atoms with Gasteiger partial charge in [0.15, 0.2) is 0 Å². The topological polar surface area (TPSA) is 66.4 Å². The smallest absolute Gasteiger partial charge is 0.322 e. The summed E-state index contributed by atoms with van der Waals surface area (Å²) < 4.78 is 0. The van der Waals surface area contributed by atoms with Crippen LogP contribution in [-0.4, -0.2) is 28.8 Å². The van der Waals surface area contributed by atoms with Gasteiger partial charge in [-0.25, -0.2) is 0 Å². The molecule has 0 bridgehead atoms. The van der Waals surface area contributed by atoms with Gasteiger partial charge in [-0.3, -0.25) is 9.59 Å². The molecule has 1 unspecified atom stereocenters. The second-order valence-electron chi connectivity index (χ2n) is 3.45. The zero-order valence-electron chi connectivity index (χ0n) is 9.44. The van der Waals surface area contributed by atoms with Crippen molar-refractivity contribution >= 4 is 46.8 Å². The molecule has 1 rings (SSSR count). The number of hydrogen-bond acceptors (Lipinski definition) is 3. The summed E-state index contributed by atoms with van der Waals surface area (Å²) in [6, 6.07) is 4.97. The van der Waals surface area contributed by atoms with Crippen LogP contribution >= 0.6 is 35.0 Å². The summed E-state index contributed by atoms with van der Waals surface area (Å²) in [7, 11) is 0. The molecule has 0 saturated carbocycles. The van der Waals surface area contributed by atoms with E-state index in [0.717, 1.165) is 0 Å². The molecule has 1 amide bonds. The van der Waals surface area contributed by atoms with Crippen LogP contribution < -0.4 is 5.32 Å². The van der Waals surface area contributed by atoms with E-state index in [2.05, 4.69) is 5.32 Å². The van der Waals surface area contributed by atoms with Gasteiger partial charge in [-0.15, -0.1) is 11.8 Å². The van der Waals surface area contributed by atoms with E-state index in [1.165, 1.54) is 11.8 Å². The van der Waals surface area contributed by atoms with Crippen LogP contribution in [-0.2, 0) is 9.59 Å². The van der Waals surface area contributed by atoms with E-state index in [-0.39, 0.29) is 5.91 Å². The number of benzene rings is 1. The number of rotatable bonds is 5. The monoisotopic (exact) mass is 307 g/mol. The van der Waals surface area contributed by atoms with Crippen molar-refractivity contribution in [2.75, 3.05) is 6.54 Å². The van der Waals surface area contributed by atoms with Gasteiger partial charge in [0, 0.05) is 9.92 Å². The molecule has 18 heavy (non-hydrogen) atoms. The Balaban J connectivity index is 2.63. The summed E-state index contributed by atoms with van der Waals surface area (Å²) in [5.74, 6) is -1.44. The summed E-state index contributed by atoms with van der Waals surface area (Å²) in [5, 5.41) is 11.3. The number of nitrogens with one attached hydrogen (secondary N) is 1. The number of halogens is 2. The van der Waals surface area contributed by atoms with Crippen molar-refractivity contribution in [2.45, 2.75) is 17.1 Å². The van der Waals surface area contributed by atoms with Crippen LogP contribution in [0.2, 0.25) is 10.0 Å². The maximum Gasteiger partial charge on any atom is 0.322 e. The van der Waals surface area contributed by atoms with E-state index in [4.69, 9.17) is 28.3 Å². The van der Waals surface area contributed by atoms with Crippen molar-refractivity contribution in [1.82, 2.24) is 5.32 Å². The number of aliphatic carboxylic acids is 1. The van der Waals surface area contributed by atoms with Gasteiger partial charge in [0.05, 0.1) is 10.3 Å². The van der Waals surface area contributed by atoms with Gasteiger partial charge in [0.1, 0.15) is 6.54 Å². The SMILES string of the molecule is CC(Sc1cc(Cl)ccc1Cl)C(=O)NCC(=O)O. The minimum atomic E-state index is -1.08. The van der Waals surface area contributed by atoms with Crippen LogP contribution in [0.1, 0.15) is 6.92 Å². The van der Waals surface area contributed by atoms with Crippen molar-refractivity contribution in [3.05, 3.63) is 28.2 Å². The van der Waals surface area contributed by atoms with E-state index in [1.807, 2.05) is 0 Å². The molecule has 0 spiro atoms. The molecular formula is C11H11Cl2NO3S. The van der Waals surface area contributed by atoms with E-state index >= 15 is 0 Å². The van der Waals surface area contributed by atoms with Crippen molar-refractivity contribution in [2.24, 2.45) is 0 Å². The number of carboxylic acids is 1. The van der Waals surface area contributed by atoms with Gasteiger partial charge >= 0.3 is 5.97 Å². The highest BCUT2D eigenvalue weighted by atomic mass is 35.5. The molecule has 7 heteroatoms. The summed E-state index contributed by atoms with van der Waals surface area (Å²) in [6.07, 6.45) is 0. The zero-order valence-corrected chi connectivity index (χ0v) is 11.8. The molecule has 98 valence electrons. The third-order valence-electron chi connectivity index (χ3n) is 1.98. The number of carbonyl (C=O) groups is 2. The van der Waals surface area contributed by atoms with E-state index < -0.39 is 17.8 Å². The molecule has 0 saturated heterocycles. The zero-order chi connectivity index (χ0) is 13.7. The van der Waals surface area contributed by atoms with Crippen LogP contribution in [0.3, 0.4) is 0 Å². The normalized spacial score (nSPS) is 11.9. The minimum absolute atomic E-state index is 0.363. The van der Waals surface area contributed by atoms with Gasteiger partial charge in [-0.05, 0) is 25.1 Å². The Morgan fingerprint density at radius 1 is 1.44 bits per heavy atom. The number of thioether (sulfide) groups is 1. The molecule has 0 radical (unpaired) electrons. The summed E-state index contributed by atoms with van der Waals surface area (Å²) in [4.78, 5) is 22.6.